The number of benzene rings is 9. The molecule has 11 rings (SSSR count). The first-order chi connectivity index (χ1) is 25.3. The van der Waals surface area contributed by atoms with Crippen LogP contribution in [0.15, 0.2) is 186 Å². The molecule has 0 radical (unpaired) electrons. The fourth-order valence-electron chi connectivity index (χ4n) is 8.24. The van der Waals surface area contributed by atoms with E-state index in [0.717, 1.165) is 50.1 Å². The van der Waals surface area contributed by atoms with Gasteiger partial charge in [0, 0.05) is 38.6 Å². The molecule has 0 spiro atoms. The second kappa shape index (κ2) is 10.8. The molecule has 2 heterocycles. The van der Waals surface area contributed by atoms with Gasteiger partial charge in [0.05, 0.1) is 22.1 Å². The summed E-state index contributed by atoms with van der Waals surface area (Å²) < 4.78 is 9.07. The van der Waals surface area contributed by atoms with Gasteiger partial charge in [-0.05, 0) is 93.7 Å². The molecular weight excluding hydrogens is 621 g/mol. The second-order valence-electron chi connectivity index (χ2n) is 13.3. The van der Waals surface area contributed by atoms with Gasteiger partial charge >= 0.3 is 0 Å². The van der Waals surface area contributed by atoms with Crippen LogP contribution in [0.25, 0.3) is 81.7 Å². The van der Waals surface area contributed by atoms with Crippen molar-refractivity contribution in [3.8, 4) is 5.69 Å². The molecule has 9 aromatic carbocycles. The normalized spacial score (nSPS) is 11.9. The summed E-state index contributed by atoms with van der Waals surface area (Å²) in [7, 11) is 0. The Bertz CT molecular complexity index is 3150. The fourth-order valence-corrected chi connectivity index (χ4v) is 8.24. The minimum Gasteiger partial charge on any atom is -0.455 e. The van der Waals surface area contributed by atoms with Crippen LogP contribution in [0.3, 0.4) is 0 Å². The van der Waals surface area contributed by atoms with Crippen molar-refractivity contribution in [1.82, 2.24) is 4.57 Å². The van der Waals surface area contributed by atoms with Crippen LogP contribution in [-0.4, -0.2) is 4.57 Å². The van der Waals surface area contributed by atoms with Gasteiger partial charge in [0.15, 0.2) is 0 Å². The van der Waals surface area contributed by atoms with E-state index in [9.17, 15) is 0 Å². The second-order valence-corrected chi connectivity index (χ2v) is 13.3. The molecule has 3 heteroatoms. The zero-order valence-corrected chi connectivity index (χ0v) is 27.6. The highest BCUT2D eigenvalue weighted by atomic mass is 16.3. The third-order valence-electron chi connectivity index (χ3n) is 10.5. The molecule has 0 aliphatic heterocycles. The van der Waals surface area contributed by atoms with E-state index in [-0.39, 0.29) is 0 Å². The molecule has 11 aromatic rings. The number of nitrogens with zero attached hydrogens (tertiary/aromatic N) is 2. The van der Waals surface area contributed by atoms with Gasteiger partial charge in [-0.1, -0.05) is 115 Å². The lowest BCUT2D eigenvalue weighted by Crippen LogP contribution is -2.10. The maximum absolute atomic E-state index is 6.70. The maximum Gasteiger partial charge on any atom is 0.143 e. The van der Waals surface area contributed by atoms with Gasteiger partial charge in [0.1, 0.15) is 11.2 Å². The Labute approximate surface area is 293 Å². The van der Waals surface area contributed by atoms with Gasteiger partial charge in [-0.15, -0.1) is 0 Å². The molecule has 0 amide bonds. The standard InChI is InChI=1S/C48H30N2O/c1-2-13-34(14-3-1)50-43-18-9-8-17-40(43)42-30-36(25-28-44(42)50)49(35-24-27-38-33(29-35)22-21-31-11-4-6-15-37(31)38)45-19-10-20-46-47(45)41-26-23-32-12-5-7-16-39(32)48(41)51-46/h1-30H. The molecule has 238 valence electrons. The molecule has 0 saturated carbocycles. The molecule has 0 bridgehead atoms. The van der Waals surface area contributed by atoms with Crippen LogP contribution in [-0.2, 0) is 0 Å². The van der Waals surface area contributed by atoms with Crippen LogP contribution in [0.1, 0.15) is 0 Å². The third-order valence-corrected chi connectivity index (χ3v) is 10.5. The SMILES string of the molecule is c1ccc(-n2c3ccccc3c3cc(N(c4ccc5c(ccc6ccccc65)c4)c4cccc5oc6c7ccccc7ccc6c45)ccc32)cc1. The van der Waals surface area contributed by atoms with E-state index in [1.165, 1.54) is 48.7 Å². The number of hydrogen-bond donors (Lipinski definition) is 0. The van der Waals surface area contributed by atoms with Gasteiger partial charge in [-0.2, -0.15) is 0 Å². The van der Waals surface area contributed by atoms with Crippen molar-refractivity contribution in [2.24, 2.45) is 0 Å². The molecule has 0 unspecified atom stereocenters. The lowest BCUT2D eigenvalue weighted by Gasteiger charge is -2.27. The van der Waals surface area contributed by atoms with Gasteiger partial charge in [0.2, 0.25) is 0 Å². The van der Waals surface area contributed by atoms with Gasteiger partial charge in [-0.25, -0.2) is 0 Å². The Morgan fingerprint density at radius 3 is 1.90 bits per heavy atom. The fraction of sp³-hybridized carbons (Fsp3) is 0. The smallest absolute Gasteiger partial charge is 0.143 e. The quantitative estimate of drug-likeness (QED) is 0.177. The molecule has 0 aliphatic rings. The van der Waals surface area contributed by atoms with Crippen molar-refractivity contribution < 1.29 is 4.42 Å². The highest BCUT2D eigenvalue weighted by Crippen LogP contribution is 2.46. The summed E-state index contributed by atoms with van der Waals surface area (Å²) in [6.45, 7) is 0. The largest absolute Gasteiger partial charge is 0.455 e. The lowest BCUT2D eigenvalue weighted by molar-refractivity contribution is 0.672. The predicted molar refractivity (Wildman–Crippen MR) is 215 cm³/mol. The van der Waals surface area contributed by atoms with Crippen LogP contribution < -0.4 is 4.90 Å². The number of rotatable bonds is 4. The average molecular weight is 651 g/mol. The number of furan rings is 1. The Hall–Kier alpha value is -6.84. The van der Waals surface area contributed by atoms with Crippen molar-refractivity contribution in [1.29, 1.82) is 0 Å². The molecule has 3 nitrogen and oxygen atoms in total. The number of anilines is 3. The summed E-state index contributed by atoms with van der Waals surface area (Å²) in [5.41, 5.74) is 8.56. The molecule has 0 N–H and O–H groups in total. The van der Waals surface area contributed by atoms with Crippen LogP contribution >= 0.6 is 0 Å². The minimum atomic E-state index is 0.873. The molecular formula is C48H30N2O. The number of aromatic nitrogens is 1. The summed E-state index contributed by atoms with van der Waals surface area (Å²) in [5.74, 6) is 0. The van der Waals surface area contributed by atoms with E-state index >= 15 is 0 Å². The predicted octanol–water partition coefficient (Wildman–Crippen LogP) is 13.6. The summed E-state index contributed by atoms with van der Waals surface area (Å²) in [5, 5.41) is 11.9. The molecule has 0 saturated heterocycles. The van der Waals surface area contributed by atoms with E-state index in [1.54, 1.807) is 0 Å². The number of para-hydroxylation sites is 2. The summed E-state index contributed by atoms with van der Waals surface area (Å²) in [6.07, 6.45) is 0. The minimum absolute atomic E-state index is 0.873. The van der Waals surface area contributed by atoms with Crippen LogP contribution in [0, 0.1) is 0 Å². The maximum atomic E-state index is 6.70. The van der Waals surface area contributed by atoms with Crippen molar-refractivity contribution >= 4 is 93.1 Å². The van der Waals surface area contributed by atoms with Crippen LogP contribution in [0.5, 0.6) is 0 Å². The third kappa shape index (κ3) is 4.19. The van der Waals surface area contributed by atoms with Crippen molar-refractivity contribution in [3.05, 3.63) is 182 Å². The van der Waals surface area contributed by atoms with Gasteiger partial charge < -0.3 is 13.9 Å². The average Bonchev–Trinajstić information content (AvgIpc) is 3.75. The molecule has 2 aromatic heterocycles. The zero-order valence-electron chi connectivity index (χ0n) is 27.6. The highest BCUT2D eigenvalue weighted by Gasteiger charge is 2.22. The molecule has 51 heavy (non-hydrogen) atoms. The number of hydrogen-bond acceptors (Lipinski definition) is 2. The first kappa shape index (κ1) is 28.0. The van der Waals surface area contributed by atoms with E-state index < -0.39 is 0 Å². The zero-order chi connectivity index (χ0) is 33.5. The Kier molecular flexibility index (Phi) is 5.96. The topological polar surface area (TPSA) is 21.3 Å². The van der Waals surface area contributed by atoms with Crippen molar-refractivity contribution in [3.63, 3.8) is 0 Å². The first-order valence-electron chi connectivity index (χ1n) is 17.4. The van der Waals surface area contributed by atoms with Crippen LogP contribution in [0.2, 0.25) is 0 Å². The monoisotopic (exact) mass is 650 g/mol. The van der Waals surface area contributed by atoms with Gasteiger partial charge in [-0.3, -0.25) is 0 Å². The van der Waals surface area contributed by atoms with E-state index in [4.69, 9.17) is 4.42 Å². The summed E-state index contributed by atoms with van der Waals surface area (Å²) in [6, 6.07) is 65.6. The lowest BCUT2D eigenvalue weighted by atomic mass is 10.0. The number of fused-ring (bicyclic) bond motifs is 11. The van der Waals surface area contributed by atoms with E-state index in [2.05, 4.69) is 191 Å². The van der Waals surface area contributed by atoms with E-state index in [0.29, 0.717) is 0 Å². The Morgan fingerprint density at radius 1 is 0.392 bits per heavy atom. The summed E-state index contributed by atoms with van der Waals surface area (Å²) in [4.78, 5) is 2.41. The molecule has 0 atom stereocenters. The van der Waals surface area contributed by atoms with Crippen LogP contribution in [0.4, 0.5) is 17.1 Å². The van der Waals surface area contributed by atoms with Crippen molar-refractivity contribution in [2.45, 2.75) is 0 Å². The van der Waals surface area contributed by atoms with Crippen molar-refractivity contribution in [2.75, 3.05) is 4.90 Å². The van der Waals surface area contributed by atoms with E-state index in [1.807, 2.05) is 0 Å². The Morgan fingerprint density at radius 2 is 1.02 bits per heavy atom. The highest BCUT2D eigenvalue weighted by molar-refractivity contribution is 6.20. The molecule has 0 aliphatic carbocycles. The van der Waals surface area contributed by atoms with Gasteiger partial charge in [0.25, 0.3) is 0 Å². The Balaban J connectivity index is 1.21. The summed E-state index contributed by atoms with van der Waals surface area (Å²) >= 11 is 0. The first-order valence-corrected chi connectivity index (χ1v) is 17.4. The molecule has 0 fully saturated rings.